The standard InChI is InChI=1S/C10H16BrN5O/c11-8-5-14-10(16-12)15-9(8)13-3-1-7-2-4-17-6-7/h5,7H,1-4,6,12H2,(H2,13,14,15,16). The van der Waals surface area contributed by atoms with Crippen LogP contribution in [0.3, 0.4) is 0 Å². The lowest BCUT2D eigenvalue weighted by Crippen LogP contribution is -2.14. The second-order valence-electron chi connectivity index (χ2n) is 3.98. The van der Waals surface area contributed by atoms with Gasteiger partial charge in [0.25, 0.3) is 0 Å². The molecule has 2 heterocycles. The Balaban J connectivity index is 1.84. The SMILES string of the molecule is NNc1ncc(Br)c(NCCC2CCOC2)n1. The van der Waals surface area contributed by atoms with E-state index in [9.17, 15) is 0 Å². The molecule has 0 spiro atoms. The summed E-state index contributed by atoms with van der Waals surface area (Å²) in [5.74, 6) is 7.08. The molecule has 17 heavy (non-hydrogen) atoms. The zero-order valence-electron chi connectivity index (χ0n) is 9.45. The number of nitrogens with two attached hydrogens (primary N) is 1. The van der Waals surface area contributed by atoms with Crippen LogP contribution in [0.25, 0.3) is 0 Å². The van der Waals surface area contributed by atoms with Crippen LogP contribution in [0.4, 0.5) is 11.8 Å². The number of hydrogen-bond acceptors (Lipinski definition) is 6. The van der Waals surface area contributed by atoms with Crippen molar-refractivity contribution >= 4 is 27.7 Å². The Kier molecular flexibility index (Phi) is 4.52. The van der Waals surface area contributed by atoms with Gasteiger partial charge in [0.05, 0.1) is 4.47 Å². The lowest BCUT2D eigenvalue weighted by Gasteiger charge is -2.11. The van der Waals surface area contributed by atoms with E-state index in [-0.39, 0.29) is 0 Å². The molecule has 1 aliphatic heterocycles. The summed E-state index contributed by atoms with van der Waals surface area (Å²) in [6, 6.07) is 0. The maximum Gasteiger partial charge on any atom is 0.239 e. The van der Waals surface area contributed by atoms with Crippen LogP contribution < -0.4 is 16.6 Å². The summed E-state index contributed by atoms with van der Waals surface area (Å²) in [6.07, 6.45) is 3.91. The Labute approximate surface area is 108 Å². The second kappa shape index (κ2) is 6.13. The predicted octanol–water partition coefficient (Wildman–Crippen LogP) is 1.36. The number of anilines is 2. The first-order valence-electron chi connectivity index (χ1n) is 5.60. The number of hydrogen-bond donors (Lipinski definition) is 3. The monoisotopic (exact) mass is 301 g/mol. The van der Waals surface area contributed by atoms with E-state index in [0.717, 1.165) is 42.9 Å². The van der Waals surface area contributed by atoms with Crippen LogP contribution in [0.5, 0.6) is 0 Å². The van der Waals surface area contributed by atoms with Crippen molar-refractivity contribution in [2.24, 2.45) is 11.8 Å². The molecule has 1 aromatic heterocycles. The van der Waals surface area contributed by atoms with E-state index < -0.39 is 0 Å². The third kappa shape index (κ3) is 3.52. The van der Waals surface area contributed by atoms with Crippen molar-refractivity contribution < 1.29 is 4.74 Å². The van der Waals surface area contributed by atoms with Crippen molar-refractivity contribution in [1.29, 1.82) is 0 Å². The number of nitrogens with one attached hydrogen (secondary N) is 2. The van der Waals surface area contributed by atoms with Crippen molar-refractivity contribution in [3.63, 3.8) is 0 Å². The smallest absolute Gasteiger partial charge is 0.239 e. The molecular formula is C10H16BrN5O. The first kappa shape index (κ1) is 12.5. The molecule has 4 N–H and O–H groups in total. The van der Waals surface area contributed by atoms with Gasteiger partial charge in [-0.05, 0) is 34.7 Å². The fourth-order valence-corrected chi connectivity index (χ4v) is 2.10. The summed E-state index contributed by atoms with van der Waals surface area (Å²) >= 11 is 3.39. The molecule has 6 nitrogen and oxygen atoms in total. The van der Waals surface area contributed by atoms with Gasteiger partial charge in [-0.1, -0.05) is 0 Å². The molecule has 1 aliphatic rings. The van der Waals surface area contributed by atoms with Gasteiger partial charge in [0, 0.05) is 26.0 Å². The minimum atomic E-state index is 0.403. The van der Waals surface area contributed by atoms with E-state index in [4.69, 9.17) is 10.6 Å². The van der Waals surface area contributed by atoms with Crippen molar-refractivity contribution in [2.75, 3.05) is 30.5 Å². The lowest BCUT2D eigenvalue weighted by atomic mass is 10.1. The highest BCUT2D eigenvalue weighted by Crippen LogP contribution is 2.21. The molecule has 0 aromatic carbocycles. The molecule has 0 amide bonds. The van der Waals surface area contributed by atoms with E-state index in [1.165, 1.54) is 0 Å². The minimum Gasteiger partial charge on any atom is -0.381 e. The average molecular weight is 302 g/mol. The van der Waals surface area contributed by atoms with Gasteiger partial charge in [-0.15, -0.1) is 0 Å². The van der Waals surface area contributed by atoms with Crippen LogP contribution >= 0.6 is 15.9 Å². The quantitative estimate of drug-likeness (QED) is 0.562. The zero-order chi connectivity index (χ0) is 12.1. The Morgan fingerprint density at radius 2 is 2.47 bits per heavy atom. The summed E-state index contributed by atoms with van der Waals surface area (Å²) < 4.78 is 6.16. The maximum atomic E-state index is 5.33. The van der Waals surface area contributed by atoms with E-state index in [2.05, 4.69) is 36.6 Å². The molecule has 94 valence electrons. The molecule has 1 fully saturated rings. The Morgan fingerprint density at radius 1 is 1.59 bits per heavy atom. The highest BCUT2D eigenvalue weighted by Gasteiger charge is 2.15. The van der Waals surface area contributed by atoms with E-state index >= 15 is 0 Å². The molecule has 0 saturated carbocycles. The van der Waals surface area contributed by atoms with Crippen molar-refractivity contribution in [1.82, 2.24) is 9.97 Å². The second-order valence-corrected chi connectivity index (χ2v) is 4.83. The number of ether oxygens (including phenoxy) is 1. The topological polar surface area (TPSA) is 85.1 Å². The number of nitrogen functional groups attached to an aromatic ring is 1. The van der Waals surface area contributed by atoms with Crippen LogP contribution in [-0.4, -0.2) is 29.7 Å². The first-order chi connectivity index (χ1) is 8.29. The van der Waals surface area contributed by atoms with Crippen molar-refractivity contribution in [2.45, 2.75) is 12.8 Å². The third-order valence-corrected chi connectivity index (χ3v) is 3.32. The Morgan fingerprint density at radius 3 is 3.18 bits per heavy atom. The number of rotatable bonds is 5. The van der Waals surface area contributed by atoms with Crippen LogP contribution in [0.1, 0.15) is 12.8 Å². The summed E-state index contributed by atoms with van der Waals surface area (Å²) in [6.45, 7) is 2.64. The van der Waals surface area contributed by atoms with Crippen molar-refractivity contribution in [3.05, 3.63) is 10.7 Å². The third-order valence-electron chi connectivity index (χ3n) is 2.74. The van der Waals surface area contributed by atoms with Gasteiger partial charge in [-0.2, -0.15) is 4.98 Å². The first-order valence-corrected chi connectivity index (χ1v) is 6.39. The Bertz CT molecular complexity index is 370. The molecule has 2 rings (SSSR count). The molecule has 0 aliphatic carbocycles. The van der Waals surface area contributed by atoms with Crippen LogP contribution in [-0.2, 0) is 4.74 Å². The summed E-state index contributed by atoms with van der Waals surface area (Å²) in [5.41, 5.74) is 2.42. The molecule has 1 saturated heterocycles. The van der Waals surface area contributed by atoms with Crippen molar-refractivity contribution in [3.8, 4) is 0 Å². The fourth-order valence-electron chi connectivity index (χ4n) is 1.77. The van der Waals surface area contributed by atoms with Crippen LogP contribution in [0.15, 0.2) is 10.7 Å². The van der Waals surface area contributed by atoms with Gasteiger partial charge in [-0.25, -0.2) is 10.8 Å². The van der Waals surface area contributed by atoms with Crippen LogP contribution in [0, 0.1) is 5.92 Å². The molecule has 1 atom stereocenters. The lowest BCUT2D eigenvalue weighted by molar-refractivity contribution is 0.185. The molecule has 1 aromatic rings. The maximum absolute atomic E-state index is 5.33. The molecule has 1 unspecified atom stereocenters. The van der Waals surface area contributed by atoms with Gasteiger partial charge in [-0.3, -0.25) is 5.43 Å². The average Bonchev–Trinajstić information content (AvgIpc) is 2.84. The van der Waals surface area contributed by atoms with Gasteiger partial charge in [0.15, 0.2) is 0 Å². The highest BCUT2D eigenvalue weighted by atomic mass is 79.9. The number of hydrazine groups is 1. The fraction of sp³-hybridized carbons (Fsp3) is 0.600. The molecule has 0 bridgehead atoms. The van der Waals surface area contributed by atoms with E-state index in [0.29, 0.717) is 11.9 Å². The largest absolute Gasteiger partial charge is 0.381 e. The van der Waals surface area contributed by atoms with Gasteiger partial charge >= 0.3 is 0 Å². The highest BCUT2D eigenvalue weighted by molar-refractivity contribution is 9.10. The normalized spacial score (nSPS) is 19.3. The Hall–Kier alpha value is -0.920. The summed E-state index contributed by atoms with van der Waals surface area (Å²) in [7, 11) is 0. The van der Waals surface area contributed by atoms with Gasteiger partial charge in [0.2, 0.25) is 5.95 Å². The summed E-state index contributed by atoms with van der Waals surface area (Å²) in [5, 5.41) is 3.27. The van der Waals surface area contributed by atoms with Crippen LogP contribution in [0.2, 0.25) is 0 Å². The molecular weight excluding hydrogens is 286 g/mol. The summed E-state index contributed by atoms with van der Waals surface area (Å²) in [4.78, 5) is 8.21. The number of aromatic nitrogens is 2. The molecule has 0 radical (unpaired) electrons. The number of nitrogens with zero attached hydrogens (tertiary/aromatic N) is 2. The molecule has 7 heteroatoms. The van der Waals surface area contributed by atoms with Gasteiger partial charge in [0.1, 0.15) is 5.82 Å². The van der Waals surface area contributed by atoms with Gasteiger partial charge < -0.3 is 10.1 Å². The predicted molar refractivity (Wildman–Crippen MR) is 69.6 cm³/mol. The van der Waals surface area contributed by atoms with E-state index in [1.54, 1.807) is 6.20 Å². The van der Waals surface area contributed by atoms with E-state index in [1.807, 2.05) is 0 Å². The number of halogens is 1. The minimum absolute atomic E-state index is 0.403. The zero-order valence-corrected chi connectivity index (χ0v) is 11.0.